The van der Waals surface area contributed by atoms with Gasteiger partial charge in [-0.3, -0.25) is 4.99 Å². The largest absolute Gasteiger partial charge is 0.463 e. The zero-order chi connectivity index (χ0) is 22.3. The number of nitrogens with zero attached hydrogens (tertiary/aromatic N) is 1. The molecule has 32 heavy (non-hydrogen) atoms. The van der Waals surface area contributed by atoms with E-state index in [1.165, 1.54) is 39.5 Å². The Bertz CT molecular complexity index is 1190. The van der Waals surface area contributed by atoms with Gasteiger partial charge in [0.15, 0.2) is 0 Å². The summed E-state index contributed by atoms with van der Waals surface area (Å²) in [5.74, 6) is -0.324. The van der Waals surface area contributed by atoms with Crippen molar-refractivity contribution in [3.63, 3.8) is 0 Å². The average Bonchev–Trinajstić information content (AvgIpc) is 3.30. The molecule has 0 atom stereocenters. The van der Waals surface area contributed by atoms with E-state index in [9.17, 15) is 4.79 Å². The Morgan fingerprint density at radius 2 is 1.69 bits per heavy atom. The van der Waals surface area contributed by atoms with Crippen LogP contribution in [0.4, 0.5) is 0 Å². The van der Waals surface area contributed by atoms with Crippen molar-refractivity contribution in [2.24, 2.45) is 4.99 Å². The lowest BCUT2D eigenvalue weighted by atomic mass is 9.87. The number of fused-ring (bicyclic) bond motifs is 1. The predicted octanol–water partition coefficient (Wildman–Crippen LogP) is 6.56. The highest BCUT2D eigenvalue weighted by Crippen LogP contribution is 2.35. The Hall–Kier alpha value is -3.72. The van der Waals surface area contributed by atoms with Crippen LogP contribution >= 0.6 is 0 Å². The van der Waals surface area contributed by atoms with Gasteiger partial charge in [-0.2, -0.15) is 0 Å². The first-order chi connectivity index (χ1) is 15.7. The van der Waals surface area contributed by atoms with Crippen molar-refractivity contribution in [3.8, 4) is 0 Å². The van der Waals surface area contributed by atoms with Crippen molar-refractivity contribution < 1.29 is 9.53 Å². The van der Waals surface area contributed by atoms with Crippen LogP contribution in [-0.4, -0.2) is 18.8 Å². The van der Waals surface area contributed by atoms with Crippen LogP contribution in [0.15, 0.2) is 83.9 Å². The molecule has 0 bridgehead atoms. The van der Waals surface area contributed by atoms with Gasteiger partial charge < -0.3 is 4.74 Å². The summed E-state index contributed by atoms with van der Waals surface area (Å²) in [6.07, 6.45) is 6.12. The Morgan fingerprint density at radius 1 is 0.938 bits per heavy atom. The van der Waals surface area contributed by atoms with Crippen molar-refractivity contribution >= 4 is 29.4 Å². The summed E-state index contributed by atoms with van der Waals surface area (Å²) in [6, 6.07) is 25.5. The Labute approximate surface area is 189 Å². The van der Waals surface area contributed by atoms with Gasteiger partial charge in [0.25, 0.3) is 0 Å². The van der Waals surface area contributed by atoms with Gasteiger partial charge in [0.1, 0.15) is 0 Å². The number of hydrogen-bond acceptors (Lipinski definition) is 3. The molecule has 0 aromatic heterocycles. The van der Waals surface area contributed by atoms with E-state index in [1.807, 2.05) is 24.4 Å². The van der Waals surface area contributed by atoms with E-state index >= 15 is 0 Å². The molecule has 1 aliphatic rings. The maximum atomic E-state index is 11.6. The van der Waals surface area contributed by atoms with Crippen molar-refractivity contribution in [3.05, 3.63) is 112 Å². The summed E-state index contributed by atoms with van der Waals surface area (Å²) in [5.41, 5.74) is 9.54. The molecule has 0 amide bonds. The third-order valence-electron chi connectivity index (χ3n) is 5.60. The Balaban J connectivity index is 1.78. The molecule has 3 nitrogen and oxygen atoms in total. The molecule has 0 N–H and O–H groups in total. The Morgan fingerprint density at radius 3 is 2.41 bits per heavy atom. The van der Waals surface area contributed by atoms with Crippen LogP contribution in [0, 0.1) is 0 Å². The smallest absolute Gasteiger partial charge is 0.330 e. The molecule has 4 rings (SSSR count). The van der Waals surface area contributed by atoms with Crippen molar-refractivity contribution in [1.82, 2.24) is 0 Å². The molecule has 3 heteroatoms. The molecule has 0 aliphatic carbocycles. The van der Waals surface area contributed by atoms with E-state index in [0.717, 1.165) is 24.1 Å². The molecule has 1 heterocycles. The maximum Gasteiger partial charge on any atom is 0.330 e. The number of carbonyl (C=O) groups is 1. The molecule has 0 radical (unpaired) electrons. The summed E-state index contributed by atoms with van der Waals surface area (Å²) in [7, 11) is 0. The van der Waals surface area contributed by atoms with E-state index in [1.54, 1.807) is 13.0 Å². The second kappa shape index (κ2) is 10.1. The summed E-state index contributed by atoms with van der Waals surface area (Å²) in [6.45, 7) is 5.12. The summed E-state index contributed by atoms with van der Waals surface area (Å²) >= 11 is 0. The highest BCUT2D eigenvalue weighted by atomic mass is 16.5. The minimum atomic E-state index is -0.324. The van der Waals surface area contributed by atoms with Gasteiger partial charge in [-0.05, 0) is 70.0 Å². The van der Waals surface area contributed by atoms with Gasteiger partial charge in [-0.25, -0.2) is 4.79 Å². The fourth-order valence-electron chi connectivity index (χ4n) is 4.06. The van der Waals surface area contributed by atoms with Crippen LogP contribution in [0.2, 0.25) is 0 Å². The standard InChI is InChI=1S/C29H27NO2/c1-3-27(22-8-6-5-7-9-22)29(24-15-16-25-19-30-20-26(25)18-24)23-13-10-21(11-14-23)12-17-28(31)32-4-2/h5-19H,3-4,20H2,1-2H3/b17-12+,29-27+. The normalized spacial score (nSPS) is 13.2. The lowest BCUT2D eigenvalue weighted by molar-refractivity contribution is -0.137. The average molecular weight is 422 g/mol. The summed E-state index contributed by atoms with van der Waals surface area (Å²) in [5, 5.41) is 0. The van der Waals surface area contributed by atoms with Crippen LogP contribution in [0.5, 0.6) is 0 Å². The van der Waals surface area contributed by atoms with Crippen LogP contribution in [0.3, 0.4) is 0 Å². The number of ether oxygens (including phenoxy) is 1. The van der Waals surface area contributed by atoms with E-state index in [4.69, 9.17) is 4.74 Å². The van der Waals surface area contributed by atoms with E-state index in [0.29, 0.717) is 6.61 Å². The van der Waals surface area contributed by atoms with Crippen LogP contribution in [0.1, 0.15) is 53.6 Å². The van der Waals surface area contributed by atoms with Gasteiger partial charge in [0, 0.05) is 12.3 Å². The first-order valence-electron chi connectivity index (χ1n) is 11.1. The van der Waals surface area contributed by atoms with Crippen LogP contribution < -0.4 is 0 Å². The maximum absolute atomic E-state index is 11.6. The van der Waals surface area contributed by atoms with Crippen LogP contribution in [0.25, 0.3) is 17.2 Å². The monoisotopic (exact) mass is 421 g/mol. The predicted molar refractivity (Wildman–Crippen MR) is 132 cm³/mol. The molecule has 3 aromatic rings. The van der Waals surface area contributed by atoms with Gasteiger partial charge in [-0.1, -0.05) is 73.7 Å². The highest BCUT2D eigenvalue weighted by molar-refractivity contribution is 5.99. The molecular weight excluding hydrogens is 394 g/mol. The molecule has 1 aliphatic heterocycles. The van der Waals surface area contributed by atoms with E-state index < -0.39 is 0 Å². The SMILES string of the molecule is CCOC(=O)/C=C/c1ccc(/C(=C(/CC)c2ccccc2)c2ccc3c(c2)CN=C3)cc1. The molecule has 0 saturated carbocycles. The summed E-state index contributed by atoms with van der Waals surface area (Å²) in [4.78, 5) is 16.0. The van der Waals surface area contributed by atoms with E-state index in [-0.39, 0.29) is 5.97 Å². The van der Waals surface area contributed by atoms with Crippen molar-refractivity contribution in [2.75, 3.05) is 6.61 Å². The number of carbonyl (C=O) groups excluding carboxylic acids is 1. The van der Waals surface area contributed by atoms with Gasteiger partial charge in [0.2, 0.25) is 0 Å². The zero-order valence-corrected chi connectivity index (χ0v) is 18.5. The number of rotatable bonds is 7. The third kappa shape index (κ3) is 4.78. The quantitative estimate of drug-likeness (QED) is 0.246. The molecule has 0 fully saturated rings. The van der Waals surface area contributed by atoms with Crippen molar-refractivity contribution in [1.29, 1.82) is 0 Å². The lowest BCUT2D eigenvalue weighted by Crippen LogP contribution is -1.98. The molecule has 0 spiro atoms. The Kier molecular flexibility index (Phi) is 6.76. The fourth-order valence-corrected chi connectivity index (χ4v) is 4.06. The topological polar surface area (TPSA) is 38.7 Å². The molecular formula is C29H27NO2. The first kappa shape index (κ1) is 21.5. The number of aliphatic imine (C=N–C) groups is 1. The van der Waals surface area contributed by atoms with Gasteiger partial charge in [0.05, 0.1) is 13.2 Å². The van der Waals surface area contributed by atoms with Gasteiger partial charge in [-0.15, -0.1) is 0 Å². The minimum Gasteiger partial charge on any atom is -0.463 e. The lowest BCUT2D eigenvalue weighted by Gasteiger charge is -2.17. The second-order valence-electron chi connectivity index (χ2n) is 7.66. The summed E-state index contributed by atoms with van der Waals surface area (Å²) < 4.78 is 4.97. The zero-order valence-electron chi connectivity index (χ0n) is 18.5. The molecule has 3 aromatic carbocycles. The van der Waals surface area contributed by atoms with Crippen molar-refractivity contribution in [2.45, 2.75) is 26.8 Å². The molecule has 0 saturated heterocycles. The van der Waals surface area contributed by atoms with E-state index in [2.05, 4.69) is 66.5 Å². The highest BCUT2D eigenvalue weighted by Gasteiger charge is 2.15. The van der Waals surface area contributed by atoms with Crippen LogP contribution in [-0.2, 0) is 16.1 Å². The molecule has 0 unspecified atom stereocenters. The fraction of sp³-hybridized carbons (Fsp3) is 0.172. The number of esters is 1. The minimum absolute atomic E-state index is 0.324. The number of benzene rings is 3. The first-order valence-corrected chi connectivity index (χ1v) is 11.1. The number of allylic oxidation sites excluding steroid dienone is 1. The second-order valence-corrected chi connectivity index (χ2v) is 7.66. The number of hydrogen-bond donors (Lipinski definition) is 0. The third-order valence-corrected chi connectivity index (χ3v) is 5.60. The van der Waals surface area contributed by atoms with Gasteiger partial charge >= 0.3 is 5.97 Å². The molecule has 160 valence electrons.